The predicted octanol–water partition coefficient (Wildman–Crippen LogP) is 3.39. The molecule has 2 aromatic heterocycles. The molecule has 0 atom stereocenters. The summed E-state index contributed by atoms with van der Waals surface area (Å²) >= 11 is 0. The van der Waals surface area contributed by atoms with Crippen LogP contribution in [0.2, 0.25) is 0 Å². The topological polar surface area (TPSA) is 63.1 Å². The summed E-state index contributed by atoms with van der Waals surface area (Å²) in [7, 11) is 0. The van der Waals surface area contributed by atoms with Crippen LogP contribution in [0.25, 0.3) is 16.7 Å². The number of fused-ring (bicyclic) bond motifs is 1. The molecule has 36 heavy (non-hydrogen) atoms. The molecule has 5 heterocycles. The summed E-state index contributed by atoms with van der Waals surface area (Å²) in [4.78, 5) is 24.4. The molecule has 3 fully saturated rings. The zero-order chi connectivity index (χ0) is 24.3. The number of hydrogen-bond acceptors (Lipinski definition) is 6. The van der Waals surface area contributed by atoms with Gasteiger partial charge in [-0.2, -0.15) is 0 Å². The Morgan fingerprint density at radius 1 is 0.944 bits per heavy atom. The number of nitrogens with zero attached hydrogens (tertiary/aromatic N) is 5. The van der Waals surface area contributed by atoms with E-state index in [1.165, 1.54) is 0 Å². The summed E-state index contributed by atoms with van der Waals surface area (Å²) in [6, 6.07) is 12.0. The van der Waals surface area contributed by atoms with Crippen molar-refractivity contribution in [2.75, 3.05) is 59.2 Å². The number of ether oxygens (including phenoxy) is 2. The molecule has 1 aromatic carbocycles. The van der Waals surface area contributed by atoms with E-state index in [4.69, 9.17) is 9.47 Å². The summed E-state index contributed by atoms with van der Waals surface area (Å²) < 4.78 is 13.8. The van der Waals surface area contributed by atoms with E-state index in [0.29, 0.717) is 0 Å². The highest BCUT2D eigenvalue weighted by Crippen LogP contribution is 2.24. The average molecular weight is 490 g/mol. The fourth-order valence-electron chi connectivity index (χ4n) is 5.55. The Balaban J connectivity index is 1.06. The number of likely N-dealkylation sites (tertiary alicyclic amines) is 2. The van der Waals surface area contributed by atoms with E-state index < -0.39 is 0 Å². The van der Waals surface area contributed by atoms with E-state index in [1.807, 2.05) is 53.7 Å². The van der Waals surface area contributed by atoms with Gasteiger partial charge in [-0.1, -0.05) is 0 Å². The number of pyridine rings is 1. The summed E-state index contributed by atoms with van der Waals surface area (Å²) in [5, 5.41) is 1.05. The van der Waals surface area contributed by atoms with E-state index in [2.05, 4.69) is 19.4 Å². The van der Waals surface area contributed by atoms with Gasteiger partial charge < -0.3 is 18.9 Å². The Labute approximate surface area is 212 Å². The van der Waals surface area contributed by atoms with Crippen LogP contribution in [-0.4, -0.2) is 95.4 Å². The Morgan fingerprint density at radius 3 is 2.47 bits per heavy atom. The molecule has 0 N–H and O–H groups in total. The smallest absolute Gasteiger partial charge is 0.253 e. The Morgan fingerprint density at radius 2 is 1.72 bits per heavy atom. The molecular weight excluding hydrogens is 454 g/mol. The molecule has 3 saturated heterocycles. The van der Waals surface area contributed by atoms with Gasteiger partial charge in [0.15, 0.2) is 0 Å². The van der Waals surface area contributed by atoms with Gasteiger partial charge in [0.1, 0.15) is 17.7 Å². The molecular formula is C28H35N5O3. The van der Waals surface area contributed by atoms with Crippen LogP contribution in [0, 0.1) is 0 Å². The number of aromatic nitrogens is 2. The highest BCUT2D eigenvalue weighted by molar-refractivity contribution is 5.98. The van der Waals surface area contributed by atoms with Crippen LogP contribution in [0.1, 0.15) is 36.0 Å². The Kier molecular flexibility index (Phi) is 6.90. The molecule has 8 heteroatoms. The Hall–Kier alpha value is -2.94. The average Bonchev–Trinajstić information content (AvgIpc) is 3.61. The first-order valence-electron chi connectivity index (χ1n) is 13.3. The fourth-order valence-corrected chi connectivity index (χ4v) is 5.55. The second-order valence-corrected chi connectivity index (χ2v) is 10.1. The van der Waals surface area contributed by atoms with Gasteiger partial charge in [0.25, 0.3) is 5.91 Å². The molecule has 0 radical (unpaired) electrons. The fraction of sp³-hybridized carbons (Fsp3) is 0.500. The van der Waals surface area contributed by atoms with Gasteiger partial charge in [-0.3, -0.25) is 14.6 Å². The lowest BCUT2D eigenvalue weighted by Crippen LogP contribution is -2.47. The lowest BCUT2D eigenvalue weighted by atomic mass is 10.1. The highest BCUT2D eigenvalue weighted by atomic mass is 16.5. The van der Waals surface area contributed by atoms with Crippen molar-refractivity contribution in [1.29, 1.82) is 0 Å². The van der Waals surface area contributed by atoms with Gasteiger partial charge in [0.05, 0.1) is 31.6 Å². The van der Waals surface area contributed by atoms with Gasteiger partial charge in [-0.15, -0.1) is 0 Å². The lowest BCUT2D eigenvalue weighted by Gasteiger charge is -2.36. The maximum absolute atomic E-state index is 12.8. The third kappa shape index (κ3) is 5.12. The van der Waals surface area contributed by atoms with Crippen molar-refractivity contribution in [2.24, 2.45) is 0 Å². The predicted molar refractivity (Wildman–Crippen MR) is 139 cm³/mol. The third-order valence-electron chi connectivity index (χ3n) is 7.64. The van der Waals surface area contributed by atoms with Gasteiger partial charge in [0, 0.05) is 56.4 Å². The monoisotopic (exact) mass is 489 g/mol. The first-order valence-corrected chi connectivity index (χ1v) is 13.3. The number of benzene rings is 1. The minimum absolute atomic E-state index is 0.133. The Bertz CT molecular complexity index is 1170. The highest BCUT2D eigenvalue weighted by Gasteiger charge is 2.23. The molecule has 8 nitrogen and oxygen atoms in total. The number of carbonyl (C=O) groups excluding carboxylic acids is 1. The van der Waals surface area contributed by atoms with Crippen LogP contribution < -0.4 is 4.74 Å². The van der Waals surface area contributed by atoms with Crippen molar-refractivity contribution < 1.29 is 14.3 Å². The molecule has 0 bridgehead atoms. The zero-order valence-corrected chi connectivity index (χ0v) is 20.8. The minimum Gasteiger partial charge on any atom is -0.489 e. The largest absolute Gasteiger partial charge is 0.489 e. The van der Waals surface area contributed by atoms with Gasteiger partial charge in [-0.25, -0.2) is 4.98 Å². The molecule has 0 aliphatic carbocycles. The van der Waals surface area contributed by atoms with Gasteiger partial charge >= 0.3 is 0 Å². The number of amides is 1. The van der Waals surface area contributed by atoms with Gasteiger partial charge in [0.2, 0.25) is 0 Å². The van der Waals surface area contributed by atoms with E-state index in [0.717, 1.165) is 113 Å². The van der Waals surface area contributed by atoms with Gasteiger partial charge in [-0.05, 0) is 62.1 Å². The van der Waals surface area contributed by atoms with Crippen molar-refractivity contribution in [2.45, 2.75) is 31.8 Å². The van der Waals surface area contributed by atoms with E-state index >= 15 is 0 Å². The second-order valence-electron chi connectivity index (χ2n) is 10.1. The van der Waals surface area contributed by atoms with E-state index in [9.17, 15) is 4.79 Å². The molecule has 3 aromatic rings. The maximum atomic E-state index is 12.8. The zero-order valence-electron chi connectivity index (χ0n) is 20.8. The van der Waals surface area contributed by atoms with Crippen LogP contribution in [0.5, 0.6) is 5.75 Å². The summed E-state index contributed by atoms with van der Waals surface area (Å²) in [6.45, 7) is 8.64. The van der Waals surface area contributed by atoms with Crippen LogP contribution in [0.15, 0.2) is 48.8 Å². The number of carbonyl (C=O) groups is 1. The summed E-state index contributed by atoms with van der Waals surface area (Å²) in [6.07, 6.45) is 8.35. The van der Waals surface area contributed by atoms with Crippen LogP contribution in [0.4, 0.5) is 0 Å². The van der Waals surface area contributed by atoms with Crippen molar-refractivity contribution in [3.63, 3.8) is 0 Å². The number of piperidine rings is 1. The normalized spacial score (nSPS) is 20.3. The van der Waals surface area contributed by atoms with Crippen LogP contribution in [0.3, 0.4) is 0 Å². The third-order valence-corrected chi connectivity index (χ3v) is 7.64. The number of rotatable bonds is 6. The maximum Gasteiger partial charge on any atom is 0.253 e. The van der Waals surface area contributed by atoms with Crippen molar-refractivity contribution in [3.05, 3.63) is 54.4 Å². The standard InChI is InChI=1S/C28H35N5O3/c34-28(32-10-1-2-11-32)23-3-5-26-22(19-23)7-14-33(26)27-6-4-25(20-29-27)36-24-8-12-30(13-9-24)21-31-15-17-35-18-16-31/h3-7,14,19-20,24H,1-2,8-13,15-18,21H2. The first kappa shape index (κ1) is 23.5. The van der Waals surface area contributed by atoms with Crippen LogP contribution in [-0.2, 0) is 4.74 Å². The lowest BCUT2D eigenvalue weighted by molar-refractivity contribution is -0.00296. The molecule has 0 spiro atoms. The molecule has 3 aliphatic rings. The number of morpholine rings is 1. The molecule has 0 saturated carbocycles. The van der Waals surface area contributed by atoms with Crippen molar-refractivity contribution in [1.82, 2.24) is 24.3 Å². The first-order chi connectivity index (χ1) is 17.7. The van der Waals surface area contributed by atoms with E-state index in [1.54, 1.807) is 0 Å². The molecule has 6 rings (SSSR count). The molecule has 190 valence electrons. The summed E-state index contributed by atoms with van der Waals surface area (Å²) in [5.41, 5.74) is 1.80. The van der Waals surface area contributed by atoms with Crippen molar-refractivity contribution >= 4 is 16.8 Å². The van der Waals surface area contributed by atoms with Crippen LogP contribution >= 0.6 is 0 Å². The molecule has 1 amide bonds. The molecule has 3 aliphatic heterocycles. The SMILES string of the molecule is O=C(c1ccc2c(ccn2-c2ccc(OC3CCN(CN4CCOCC4)CC3)cn2)c1)N1CCCC1. The second kappa shape index (κ2) is 10.6. The summed E-state index contributed by atoms with van der Waals surface area (Å²) in [5.74, 6) is 1.80. The van der Waals surface area contributed by atoms with Crippen molar-refractivity contribution in [3.8, 4) is 11.6 Å². The number of hydrogen-bond donors (Lipinski definition) is 0. The molecule has 0 unspecified atom stereocenters. The quantitative estimate of drug-likeness (QED) is 0.529. The minimum atomic E-state index is 0.133. The van der Waals surface area contributed by atoms with E-state index in [-0.39, 0.29) is 12.0 Å².